The van der Waals surface area contributed by atoms with Crippen molar-refractivity contribution in [2.45, 2.75) is 26.0 Å². The summed E-state index contributed by atoms with van der Waals surface area (Å²) in [7, 11) is 0. The predicted octanol–water partition coefficient (Wildman–Crippen LogP) is 3.08. The molecule has 1 fully saturated rings. The Kier molecular flexibility index (Phi) is 5.39. The molecule has 148 valence electrons. The van der Waals surface area contributed by atoms with E-state index in [1.165, 1.54) is 0 Å². The van der Waals surface area contributed by atoms with Crippen LogP contribution in [0.15, 0.2) is 65.1 Å². The third-order valence-electron chi connectivity index (χ3n) is 4.59. The fourth-order valence-corrected chi connectivity index (χ4v) is 3.07. The van der Waals surface area contributed by atoms with Crippen molar-refractivity contribution >= 4 is 11.9 Å². The molecule has 0 aliphatic carbocycles. The second kappa shape index (κ2) is 8.28. The van der Waals surface area contributed by atoms with Crippen LogP contribution in [0.4, 0.5) is 0 Å². The van der Waals surface area contributed by atoms with E-state index in [9.17, 15) is 9.59 Å². The molecule has 1 unspecified atom stereocenters. The van der Waals surface area contributed by atoms with E-state index in [1.807, 2.05) is 67.6 Å². The summed E-state index contributed by atoms with van der Waals surface area (Å²) in [5, 5.41) is 1.04. The summed E-state index contributed by atoms with van der Waals surface area (Å²) >= 11 is 0. The van der Waals surface area contributed by atoms with E-state index < -0.39 is 18.0 Å². The van der Waals surface area contributed by atoms with Crippen LogP contribution in [0.3, 0.4) is 0 Å². The molecule has 0 spiro atoms. The van der Waals surface area contributed by atoms with Crippen molar-refractivity contribution < 1.29 is 23.6 Å². The Morgan fingerprint density at radius 2 is 1.72 bits per heavy atom. The molecule has 0 radical (unpaired) electrons. The number of aromatic nitrogens is 1. The fraction of sp³-hybridized carbons (Fsp3) is 0.227. The quantitative estimate of drug-likeness (QED) is 0.575. The van der Waals surface area contributed by atoms with Gasteiger partial charge < -0.3 is 14.0 Å². The first-order chi connectivity index (χ1) is 14.1. The lowest BCUT2D eigenvalue weighted by Crippen LogP contribution is -2.31. The first-order valence-electron chi connectivity index (χ1n) is 9.32. The fourth-order valence-electron chi connectivity index (χ4n) is 3.07. The summed E-state index contributed by atoms with van der Waals surface area (Å²) in [6, 6.07) is 18.9. The maximum Gasteiger partial charge on any atom is 0.370 e. The predicted molar refractivity (Wildman–Crippen MR) is 103 cm³/mol. The van der Waals surface area contributed by atoms with Crippen molar-refractivity contribution in [1.29, 1.82) is 0 Å². The van der Waals surface area contributed by atoms with Crippen LogP contribution < -0.4 is 0 Å². The van der Waals surface area contributed by atoms with Gasteiger partial charge in [-0.3, -0.25) is 4.79 Å². The van der Waals surface area contributed by atoms with Crippen LogP contribution in [0.2, 0.25) is 0 Å². The number of aryl methyl sites for hydroxylation is 1. The molecule has 29 heavy (non-hydrogen) atoms. The summed E-state index contributed by atoms with van der Waals surface area (Å²) < 4.78 is 11.2. The molecular weight excluding hydrogens is 372 g/mol. The highest BCUT2D eigenvalue weighted by atomic mass is 16.7. The van der Waals surface area contributed by atoms with Crippen LogP contribution in [0.25, 0.3) is 11.5 Å². The van der Waals surface area contributed by atoms with E-state index in [4.69, 9.17) is 14.0 Å². The lowest BCUT2D eigenvalue weighted by Gasteiger charge is -2.12. The summed E-state index contributed by atoms with van der Waals surface area (Å²) in [5.41, 5.74) is 2.47. The molecule has 0 saturated carbocycles. The number of carbonyl (C=O) groups excluding carboxylic acids is 2. The number of hydrogen-bond donors (Lipinski definition) is 0. The van der Waals surface area contributed by atoms with Gasteiger partial charge in [0.25, 0.3) is 5.91 Å². The molecule has 7 heteroatoms. The molecule has 1 amide bonds. The van der Waals surface area contributed by atoms with Crippen LogP contribution in [0, 0.1) is 6.92 Å². The molecule has 0 N–H and O–H groups in total. The number of hydroxylamine groups is 2. The minimum absolute atomic E-state index is 0.145. The molecule has 1 atom stereocenters. The van der Waals surface area contributed by atoms with Gasteiger partial charge in [0.15, 0.2) is 0 Å². The van der Waals surface area contributed by atoms with Gasteiger partial charge in [0.1, 0.15) is 5.76 Å². The van der Waals surface area contributed by atoms with Crippen molar-refractivity contribution in [3.8, 4) is 11.5 Å². The average Bonchev–Trinajstić information content (AvgIpc) is 3.24. The van der Waals surface area contributed by atoms with Gasteiger partial charge in [0.05, 0.1) is 18.8 Å². The first-order valence-corrected chi connectivity index (χ1v) is 9.32. The molecule has 1 aromatic heterocycles. The zero-order chi connectivity index (χ0) is 20.2. The Labute approximate surface area is 167 Å². The normalized spacial score (nSPS) is 16.3. The minimum atomic E-state index is -1.25. The van der Waals surface area contributed by atoms with Crippen molar-refractivity contribution in [3.63, 3.8) is 0 Å². The summed E-state index contributed by atoms with van der Waals surface area (Å²) in [6.45, 7) is 2.16. The average molecular weight is 392 g/mol. The summed E-state index contributed by atoms with van der Waals surface area (Å²) in [4.78, 5) is 34.0. The number of nitrogens with zero attached hydrogens (tertiary/aromatic N) is 2. The maximum atomic E-state index is 12.4. The van der Waals surface area contributed by atoms with Gasteiger partial charge in [-0.05, 0) is 24.6 Å². The van der Waals surface area contributed by atoms with Crippen LogP contribution in [0.5, 0.6) is 0 Å². The van der Waals surface area contributed by atoms with Crippen LogP contribution in [0.1, 0.15) is 17.0 Å². The summed E-state index contributed by atoms with van der Waals surface area (Å²) in [6.07, 6.45) is -0.836. The number of oxazole rings is 1. The highest BCUT2D eigenvalue weighted by molar-refractivity contribution is 6.04. The van der Waals surface area contributed by atoms with E-state index in [1.54, 1.807) is 0 Å². The molecule has 2 aromatic carbocycles. The van der Waals surface area contributed by atoms with Gasteiger partial charge in [-0.25, -0.2) is 9.78 Å². The third kappa shape index (κ3) is 4.20. The zero-order valence-electron chi connectivity index (χ0n) is 15.9. The van der Waals surface area contributed by atoms with Gasteiger partial charge in [0.2, 0.25) is 12.0 Å². The van der Waals surface area contributed by atoms with Crippen molar-refractivity contribution in [3.05, 3.63) is 77.7 Å². The number of ether oxygens (including phenoxy) is 1. The van der Waals surface area contributed by atoms with E-state index in [0.717, 1.165) is 21.9 Å². The molecule has 4 rings (SSSR count). The lowest BCUT2D eigenvalue weighted by atomic mass is 10.2. The largest absolute Gasteiger partial charge is 0.441 e. The van der Waals surface area contributed by atoms with E-state index >= 15 is 0 Å². The van der Waals surface area contributed by atoms with Crippen molar-refractivity contribution in [1.82, 2.24) is 10.0 Å². The standard InChI is InChI=1S/C22H20N2O5/c1-15-18(23-20(28-15)17-10-6-3-7-11-17)12-13-27-19-21(25)24(29-22(19)26)14-16-8-4-2-5-9-16/h2-11,19H,12-14H2,1H3. The first kappa shape index (κ1) is 18.9. The molecule has 1 saturated heterocycles. The Balaban J connectivity index is 1.34. The van der Waals surface area contributed by atoms with E-state index in [2.05, 4.69) is 4.98 Å². The molecule has 0 bridgehead atoms. The zero-order valence-corrected chi connectivity index (χ0v) is 15.9. The Hall–Kier alpha value is -3.45. The lowest BCUT2D eigenvalue weighted by molar-refractivity contribution is -0.180. The second-order valence-corrected chi connectivity index (χ2v) is 6.66. The van der Waals surface area contributed by atoms with Gasteiger partial charge in [0, 0.05) is 12.0 Å². The molecule has 1 aliphatic rings. The smallest absolute Gasteiger partial charge is 0.370 e. The Morgan fingerprint density at radius 1 is 1.03 bits per heavy atom. The number of benzene rings is 2. The van der Waals surface area contributed by atoms with E-state index in [-0.39, 0.29) is 13.2 Å². The number of rotatable bonds is 7. The van der Waals surface area contributed by atoms with Gasteiger partial charge in [-0.2, -0.15) is 5.06 Å². The topological polar surface area (TPSA) is 81.9 Å². The van der Waals surface area contributed by atoms with Gasteiger partial charge >= 0.3 is 5.97 Å². The van der Waals surface area contributed by atoms with Crippen molar-refractivity contribution in [2.75, 3.05) is 6.61 Å². The monoisotopic (exact) mass is 392 g/mol. The van der Waals surface area contributed by atoms with Crippen LogP contribution in [-0.4, -0.2) is 34.6 Å². The number of carbonyl (C=O) groups is 2. The highest BCUT2D eigenvalue weighted by Crippen LogP contribution is 2.22. The third-order valence-corrected chi connectivity index (χ3v) is 4.59. The molecule has 2 heterocycles. The van der Waals surface area contributed by atoms with Gasteiger partial charge in [-0.15, -0.1) is 0 Å². The minimum Gasteiger partial charge on any atom is -0.441 e. The Morgan fingerprint density at radius 3 is 2.45 bits per heavy atom. The molecular formula is C22H20N2O5. The summed E-state index contributed by atoms with van der Waals surface area (Å²) in [5.74, 6) is 0.00968. The van der Waals surface area contributed by atoms with E-state index in [0.29, 0.717) is 18.1 Å². The highest BCUT2D eigenvalue weighted by Gasteiger charge is 2.43. The van der Waals surface area contributed by atoms with Crippen LogP contribution in [-0.2, 0) is 32.1 Å². The second-order valence-electron chi connectivity index (χ2n) is 6.66. The van der Waals surface area contributed by atoms with Crippen molar-refractivity contribution in [2.24, 2.45) is 0 Å². The molecule has 7 nitrogen and oxygen atoms in total. The molecule has 1 aliphatic heterocycles. The number of hydrogen-bond acceptors (Lipinski definition) is 6. The maximum absolute atomic E-state index is 12.4. The van der Waals surface area contributed by atoms with Gasteiger partial charge in [-0.1, -0.05) is 48.5 Å². The Bertz CT molecular complexity index is 1000. The SMILES string of the molecule is Cc1oc(-c2ccccc2)nc1CCOC1C(=O)ON(Cc2ccccc2)C1=O. The molecule has 3 aromatic rings. The number of amides is 1. The van der Waals surface area contributed by atoms with Crippen LogP contribution >= 0.6 is 0 Å².